The highest BCUT2D eigenvalue weighted by atomic mass is 79.9. The molecule has 4 heteroatoms. The lowest BCUT2D eigenvalue weighted by Gasteiger charge is -2.05. The average molecular weight is 343 g/mol. The Bertz CT molecular complexity index is 408. The molecule has 16 heavy (non-hydrogen) atoms. The summed E-state index contributed by atoms with van der Waals surface area (Å²) >= 11 is 6.72. The molecular weight excluding hydrogens is 334 g/mol. The van der Waals surface area contributed by atoms with Crippen molar-refractivity contribution in [1.82, 2.24) is 4.98 Å². The number of hydrogen-bond acceptors (Lipinski definition) is 2. The fourth-order valence-corrected chi connectivity index (χ4v) is 1.68. The number of benzene rings is 1. The molecule has 0 amide bonds. The van der Waals surface area contributed by atoms with Crippen molar-refractivity contribution >= 4 is 31.9 Å². The molecule has 2 aromatic rings. The number of hydrogen-bond donors (Lipinski definition) is 0. The molecule has 2 rings (SSSR count). The van der Waals surface area contributed by atoms with Crippen LogP contribution in [0.15, 0.2) is 51.5 Å². The molecule has 1 heterocycles. The molecule has 0 fully saturated rings. The summed E-state index contributed by atoms with van der Waals surface area (Å²) in [6.45, 7) is 0.481. The van der Waals surface area contributed by atoms with E-state index in [0.717, 1.165) is 20.4 Å². The van der Waals surface area contributed by atoms with Gasteiger partial charge in [0.2, 0.25) is 0 Å². The minimum atomic E-state index is 0.481. The van der Waals surface area contributed by atoms with Crippen LogP contribution >= 0.6 is 31.9 Å². The number of ether oxygens (including phenoxy) is 1. The first-order chi connectivity index (χ1) is 7.74. The molecule has 0 unspecified atom stereocenters. The third kappa shape index (κ3) is 3.32. The van der Waals surface area contributed by atoms with E-state index in [-0.39, 0.29) is 0 Å². The van der Waals surface area contributed by atoms with Crippen LogP contribution in [0.1, 0.15) is 5.69 Å². The lowest BCUT2D eigenvalue weighted by Crippen LogP contribution is -1.97. The van der Waals surface area contributed by atoms with Gasteiger partial charge in [0.05, 0.1) is 5.69 Å². The largest absolute Gasteiger partial charge is 0.487 e. The van der Waals surface area contributed by atoms with Crippen LogP contribution in [0.4, 0.5) is 0 Å². The summed E-state index contributed by atoms with van der Waals surface area (Å²) in [4.78, 5) is 4.23. The zero-order chi connectivity index (χ0) is 11.4. The van der Waals surface area contributed by atoms with E-state index in [1.165, 1.54) is 0 Å². The molecule has 82 valence electrons. The van der Waals surface area contributed by atoms with Gasteiger partial charge >= 0.3 is 0 Å². The van der Waals surface area contributed by atoms with Crippen molar-refractivity contribution in [2.24, 2.45) is 0 Å². The molecule has 0 bridgehead atoms. The summed E-state index contributed by atoms with van der Waals surface area (Å²) in [6, 6.07) is 11.6. The Labute approximate surface area is 111 Å². The summed E-state index contributed by atoms with van der Waals surface area (Å²) in [5, 5.41) is 0. The molecule has 0 aliphatic rings. The first-order valence-corrected chi connectivity index (χ1v) is 6.31. The van der Waals surface area contributed by atoms with Gasteiger partial charge in [-0.1, -0.05) is 15.9 Å². The molecule has 0 saturated heterocycles. The first-order valence-electron chi connectivity index (χ1n) is 4.73. The van der Waals surface area contributed by atoms with Gasteiger partial charge in [-0.25, -0.2) is 0 Å². The second kappa shape index (κ2) is 5.46. The van der Waals surface area contributed by atoms with Gasteiger partial charge in [-0.3, -0.25) is 4.98 Å². The zero-order valence-corrected chi connectivity index (χ0v) is 11.5. The maximum absolute atomic E-state index is 5.59. The minimum absolute atomic E-state index is 0.481. The molecule has 0 aliphatic carbocycles. The van der Waals surface area contributed by atoms with Crippen LogP contribution in [0.3, 0.4) is 0 Å². The topological polar surface area (TPSA) is 22.1 Å². The van der Waals surface area contributed by atoms with E-state index in [9.17, 15) is 0 Å². The average Bonchev–Trinajstić information content (AvgIpc) is 2.30. The van der Waals surface area contributed by atoms with E-state index in [4.69, 9.17) is 4.74 Å². The van der Waals surface area contributed by atoms with E-state index in [1.54, 1.807) is 6.20 Å². The second-order valence-corrected chi connectivity index (χ2v) is 5.04. The quantitative estimate of drug-likeness (QED) is 0.834. The molecule has 1 aromatic heterocycles. The summed E-state index contributed by atoms with van der Waals surface area (Å²) < 4.78 is 7.60. The van der Waals surface area contributed by atoms with Gasteiger partial charge in [-0.15, -0.1) is 0 Å². The van der Waals surface area contributed by atoms with E-state index in [1.807, 2.05) is 36.4 Å². The molecule has 2 nitrogen and oxygen atoms in total. The van der Waals surface area contributed by atoms with Crippen LogP contribution in [0.2, 0.25) is 0 Å². The van der Waals surface area contributed by atoms with Gasteiger partial charge in [0.15, 0.2) is 0 Å². The highest BCUT2D eigenvalue weighted by molar-refractivity contribution is 9.10. The number of nitrogens with zero attached hydrogens (tertiary/aromatic N) is 1. The Hall–Kier alpha value is -0.870. The predicted molar refractivity (Wildman–Crippen MR) is 70.4 cm³/mol. The number of aromatic nitrogens is 1. The van der Waals surface area contributed by atoms with Crippen molar-refractivity contribution < 1.29 is 4.74 Å². The molecule has 1 aromatic carbocycles. The Morgan fingerprint density at radius 1 is 0.938 bits per heavy atom. The molecule has 0 atom stereocenters. The summed E-state index contributed by atoms with van der Waals surface area (Å²) in [5.41, 5.74) is 0.908. The van der Waals surface area contributed by atoms with Crippen LogP contribution in [0.25, 0.3) is 0 Å². The Morgan fingerprint density at radius 2 is 1.62 bits per heavy atom. The fraction of sp³-hybridized carbons (Fsp3) is 0.0833. The lowest BCUT2D eigenvalue weighted by molar-refractivity contribution is 0.301. The van der Waals surface area contributed by atoms with Crippen LogP contribution < -0.4 is 4.74 Å². The van der Waals surface area contributed by atoms with E-state index in [2.05, 4.69) is 36.8 Å². The number of rotatable bonds is 3. The number of halogens is 2. The van der Waals surface area contributed by atoms with Crippen LogP contribution in [-0.4, -0.2) is 4.98 Å². The van der Waals surface area contributed by atoms with Crippen molar-refractivity contribution in [3.63, 3.8) is 0 Å². The van der Waals surface area contributed by atoms with Crippen molar-refractivity contribution in [2.75, 3.05) is 0 Å². The van der Waals surface area contributed by atoms with Crippen LogP contribution in [0.5, 0.6) is 5.75 Å². The zero-order valence-electron chi connectivity index (χ0n) is 8.36. The Balaban J connectivity index is 1.97. The van der Waals surface area contributed by atoms with Crippen LogP contribution in [0, 0.1) is 0 Å². The standard InChI is InChI=1S/C12H9Br2NO/c13-9-2-5-12(6-3-9)16-8-11-4-1-10(14)7-15-11/h1-7H,8H2. The van der Waals surface area contributed by atoms with Gasteiger partial charge < -0.3 is 4.74 Å². The maximum Gasteiger partial charge on any atom is 0.130 e. The summed E-state index contributed by atoms with van der Waals surface area (Å²) in [6.07, 6.45) is 1.76. The minimum Gasteiger partial charge on any atom is -0.487 e. The molecule has 0 saturated carbocycles. The Kier molecular flexibility index (Phi) is 3.96. The molecule has 0 aliphatic heterocycles. The SMILES string of the molecule is Brc1ccc(OCc2ccc(Br)cn2)cc1. The summed E-state index contributed by atoms with van der Waals surface area (Å²) in [5.74, 6) is 0.841. The van der Waals surface area contributed by atoms with E-state index < -0.39 is 0 Å². The monoisotopic (exact) mass is 341 g/mol. The highest BCUT2D eigenvalue weighted by Crippen LogP contribution is 2.17. The van der Waals surface area contributed by atoms with E-state index in [0.29, 0.717) is 6.61 Å². The van der Waals surface area contributed by atoms with Gasteiger partial charge in [-0.05, 0) is 52.3 Å². The van der Waals surface area contributed by atoms with Crippen molar-refractivity contribution in [1.29, 1.82) is 0 Å². The lowest BCUT2D eigenvalue weighted by atomic mass is 10.3. The predicted octanol–water partition coefficient (Wildman–Crippen LogP) is 4.19. The van der Waals surface area contributed by atoms with Crippen molar-refractivity contribution in [3.05, 3.63) is 57.2 Å². The Morgan fingerprint density at radius 3 is 2.25 bits per heavy atom. The summed E-state index contributed by atoms with van der Waals surface area (Å²) in [7, 11) is 0. The first kappa shape index (κ1) is 11.6. The van der Waals surface area contributed by atoms with Crippen LogP contribution in [-0.2, 0) is 6.61 Å². The third-order valence-corrected chi connectivity index (χ3v) is 2.99. The number of pyridine rings is 1. The van der Waals surface area contributed by atoms with Gasteiger partial charge in [0.25, 0.3) is 0 Å². The van der Waals surface area contributed by atoms with Crippen molar-refractivity contribution in [2.45, 2.75) is 6.61 Å². The van der Waals surface area contributed by atoms with Crippen molar-refractivity contribution in [3.8, 4) is 5.75 Å². The smallest absolute Gasteiger partial charge is 0.130 e. The molecule has 0 N–H and O–H groups in total. The highest BCUT2D eigenvalue weighted by Gasteiger charge is 1.97. The third-order valence-electron chi connectivity index (χ3n) is 1.99. The molecule has 0 radical (unpaired) electrons. The van der Waals surface area contributed by atoms with Gasteiger partial charge in [-0.2, -0.15) is 0 Å². The fourth-order valence-electron chi connectivity index (χ4n) is 1.18. The molecular formula is C12H9Br2NO. The van der Waals surface area contributed by atoms with Gasteiger partial charge in [0, 0.05) is 15.1 Å². The second-order valence-electron chi connectivity index (χ2n) is 3.21. The normalized spacial score (nSPS) is 10.1. The van der Waals surface area contributed by atoms with Gasteiger partial charge in [0.1, 0.15) is 12.4 Å². The van der Waals surface area contributed by atoms with E-state index >= 15 is 0 Å². The molecule has 0 spiro atoms. The maximum atomic E-state index is 5.59.